The van der Waals surface area contributed by atoms with Gasteiger partial charge in [-0.1, -0.05) is 273 Å². The van der Waals surface area contributed by atoms with Crippen molar-refractivity contribution in [2.75, 3.05) is 47.5 Å². The monoisotopic (exact) mass is 1110 g/mol. The molecule has 0 aromatic rings. The van der Waals surface area contributed by atoms with Crippen LogP contribution in [0.15, 0.2) is 72.9 Å². The van der Waals surface area contributed by atoms with Crippen molar-refractivity contribution in [3.63, 3.8) is 0 Å². The zero-order valence-corrected chi connectivity index (χ0v) is 52.3. The van der Waals surface area contributed by atoms with Crippen LogP contribution in [0.5, 0.6) is 0 Å². The number of quaternary nitrogens is 1. The number of aliphatic carboxylic acids is 1. The number of esters is 2. The van der Waals surface area contributed by atoms with Crippen LogP contribution < -0.4 is 0 Å². The van der Waals surface area contributed by atoms with E-state index in [2.05, 4.69) is 86.8 Å². The van der Waals surface area contributed by atoms with E-state index >= 15 is 0 Å². The first-order valence-corrected chi connectivity index (χ1v) is 33.1. The summed E-state index contributed by atoms with van der Waals surface area (Å²) in [7, 11) is 5.98. The van der Waals surface area contributed by atoms with E-state index in [1.165, 1.54) is 193 Å². The molecule has 0 aliphatic carbocycles. The van der Waals surface area contributed by atoms with Crippen LogP contribution >= 0.6 is 0 Å². The molecule has 0 fully saturated rings. The molecular weight excluding hydrogens is 983 g/mol. The first-order valence-electron chi connectivity index (χ1n) is 33.1. The molecule has 0 aliphatic rings. The number of carboxylic acids is 1. The van der Waals surface area contributed by atoms with Crippen molar-refractivity contribution in [2.24, 2.45) is 0 Å². The zero-order chi connectivity index (χ0) is 57.6. The molecule has 9 nitrogen and oxygen atoms in total. The molecule has 2 atom stereocenters. The topological polar surface area (TPSA) is 108 Å². The van der Waals surface area contributed by atoms with Crippen LogP contribution in [0.1, 0.15) is 296 Å². The van der Waals surface area contributed by atoms with Crippen molar-refractivity contribution < 1.29 is 42.9 Å². The molecule has 0 amide bonds. The largest absolute Gasteiger partial charge is 0.477 e. The molecule has 79 heavy (non-hydrogen) atoms. The summed E-state index contributed by atoms with van der Waals surface area (Å²) in [5, 5.41) is 9.73. The molecule has 458 valence electrons. The number of allylic oxidation sites excluding steroid dienone is 12. The van der Waals surface area contributed by atoms with Gasteiger partial charge >= 0.3 is 17.9 Å². The number of likely N-dealkylation sites (N-methyl/N-ethyl adjacent to an activating group) is 1. The number of rotatable bonds is 61. The highest BCUT2D eigenvalue weighted by Gasteiger charge is 2.25. The highest BCUT2D eigenvalue weighted by atomic mass is 16.7. The van der Waals surface area contributed by atoms with Gasteiger partial charge in [-0.05, 0) is 83.5 Å². The fourth-order valence-electron chi connectivity index (χ4n) is 9.39. The van der Waals surface area contributed by atoms with Crippen molar-refractivity contribution in [3.05, 3.63) is 72.9 Å². The van der Waals surface area contributed by atoms with Gasteiger partial charge in [0.1, 0.15) is 13.2 Å². The predicted molar refractivity (Wildman–Crippen MR) is 336 cm³/mol. The maximum absolute atomic E-state index is 12.9. The van der Waals surface area contributed by atoms with Gasteiger partial charge in [-0.2, -0.15) is 0 Å². The average molecular weight is 1110 g/mol. The van der Waals surface area contributed by atoms with Gasteiger partial charge in [0.2, 0.25) is 0 Å². The SMILES string of the molecule is CC/C=C\C/C=C\C/C=C\C/C=C\C/C=C\CCCCCCCCCCCCCC(=O)OC(COC(=O)CCCCCCCCCCCCCCCCC/C=C\CCCCCCCCCC)COC(OCC[N+](C)(C)C)C(=O)O. The predicted octanol–water partition coefficient (Wildman–Crippen LogP) is 20.1. The summed E-state index contributed by atoms with van der Waals surface area (Å²) < 4.78 is 23.0. The van der Waals surface area contributed by atoms with Crippen LogP contribution in [-0.4, -0.2) is 87.4 Å². The quantitative estimate of drug-likeness (QED) is 0.0211. The lowest BCUT2D eigenvalue weighted by molar-refractivity contribution is -0.870. The summed E-state index contributed by atoms with van der Waals surface area (Å²) in [4.78, 5) is 37.6. The first-order chi connectivity index (χ1) is 38.6. The second-order valence-electron chi connectivity index (χ2n) is 23.4. The average Bonchev–Trinajstić information content (AvgIpc) is 3.42. The third kappa shape index (κ3) is 62.2. The lowest BCUT2D eigenvalue weighted by Gasteiger charge is -2.25. The molecular formula is C70H126NO8+. The highest BCUT2D eigenvalue weighted by molar-refractivity contribution is 5.71. The van der Waals surface area contributed by atoms with Crippen LogP contribution in [0, 0.1) is 0 Å². The summed E-state index contributed by atoms with van der Waals surface area (Å²) in [6.07, 6.45) is 77.1. The molecule has 2 unspecified atom stereocenters. The minimum atomic E-state index is -1.51. The summed E-state index contributed by atoms with van der Waals surface area (Å²) in [6.45, 7) is 4.80. The van der Waals surface area contributed by atoms with Crippen LogP contribution in [-0.2, 0) is 33.3 Å². The van der Waals surface area contributed by atoms with Gasteiger partial charge in [-0.15, -0.1) is 0 Å². The van der Waals surface area contributed by atoms with E-state index in [4.69, 9.17) is 18.9 Å². The Morgan fingerprint density at radius 1 is 0.392 bits per heavy atom. The van der Waals surface area contributed by atoms with Crippen LogP contribution in [0.3, 0.4) is 0 Å². The Morgan fingerprint density at radius 2 is 0.722 bits per heavy atom. The van der Waals surface area contributed by atoms with Crippen LogP contribution in [0.4, 0.5) is 0 Å². The van der Waals surface area contributed by atoms with Crippen LogP contribution in [0.2, 0.25) is 0 Å². The number of ether oxygens (including phenoxy) is 4. The molecule has 9 heteroatoms. The molecule has 0 radical (unpaired) electrons. The lowest BCUT2D eigenvalue weighted by Crippen LogP contribution is -2.40. The Balaban J connectivity index is 4.15. The summed E-state index contributed by atoms with van der Waals surface area (Å²) in [6, 6.07) is 0. The molecule has 0 heterocycles. The van der Waals surface area contributed by atoms with Gasteiger partial charge < -0.3 is 28.5 Å². The van der Waals surface area contributed by atoms with Crippen LogP contribution in [0.25, 0.3) is 0 Å². The van der Waals surface area contributed by atoms with Crippen molar-refractivity contribution >= 4 is 17.9 Å². The summed E-state index contributed by atoms with van der Waals surface area (Å²) in [5.41, 5.74) is 0. The fourth-order valence-corrected chi connectivity index (χ4v) is 9.39. The van der Waals surface area contributed by atoms with E-state index in [-0.39, 0.29) is 32.2 Å². The molecule has 0 aromatic carbocycles. The van der Waals surface area contributed by atoms with E-state index in [9.17, 15) is 19.5 Å². The Morgan fingerprint density at radius 3 is 1.09 bits per heavy atom. The number of unbranched alkanes of at least 4 members (excludes halogenated alkanes) is 34. The standard InChI is InChI=1S/C70H125NO8/c1-6-8-10-12-14-16-18-20-22-24-26-28-30-32-34-36-38-40-42-44-46-48-50-52-54-56-58-60-67(72)77-64-66(65-78-70(69(74)75)76-63-62-71(3,4)5)79-68(73)61-59-57-55-53-51-49-47-45-43-41-39-37-35-33-31-29-27-25-23-21-19-17-15-13-11-9-7-2/h9,11,15,17,21,23-24,26-27,29,33,35,66,70H,6-8,10,12-14,16,18-20,22,25,28,30-32,34,36-65H2,1-5H3/p+1/b11-9-,17-15-,23-21-,26-24-,29-27-,35-33-. The van der Waals surface area contributed by atoms with Crippen molar-refractivity contribution in [1.29, 1.82) is 0 Å². The van der Waals surface area contributed by atoms with Gasteiger partial charge in [0.05, 0.1) is 34.4 Å². The van der Waals surface area contributed by atoms with Gasteiger partial charge in [0.25, 0.3) is 6.29 Å². The Labute approximate surface area is 487 Å². The van der Waals surface area contributed by atoms with E-state index in [1.807, 2.05) is 21.1 Å². The normalized spacial score (nSPS) is 13.2. The van der Waals surface area contributed by atoms with E-state index in [1.54, 1.807) is 0 Å². The highest BCUT2D eigenvalue weighted by Crippen LogP contribution is 2.17. The van der Waals surface area contributed by atoms with E-state index in [0.29, 0.717) is 23.9 Å². The Bertz CT molecular complexity index is 1520. The van der Waals surface area contributed by atoms with Gasteiger partial charge in [0.15, 0.2) is 6.10 Å². The summed E-state index contributed by atoms with van der Waals surface area (Å²) in [5.74, 6) is -2.00. The smallest absolute Gasteiger partial charge is 0.361 e. The number of hydrogen-bond acceptors (Lipinski definition) is 7. The Hall–Kier alpha value is -3.27. The van der Waals surface area contributed by atoms with Crippen molar-refractivity contribution in [1.82, 2.24) is 0 Å². The third-order valence-electron chi connectivity index (χ3n) is 14.4. The lowest BCUT2D eigenvalue weighted by atomic mass is 10.0. The van der Waals surface area contributed by atoms with Crippen molar-refractivity contribution in [2.45, 2.75) is 309 Å². The third-order valence-corrected chi connectivity index (χ3v) is 14.4. The second kappa shape index (κ2) is 60.8. The first kappa shape index (κ1) is 75.7. The number of carboxylic acid groups (broad SMARTS) is 1. The molecule has 0 rings (SSSR count). The molecule has 0 bridgehead atoms. The minimum Gasteiger partial charge on any atom is -0.477 e. The minimum absolute atomic E-state index is 0.183. The molecule has 0 aromatic heterocycles. The number of hydrogen-bond donors (Lipinski definition) is 1. The summed E-state index contributed by atoms with van der Waals surface area (Å²) >= 11 is 0. The molecule has 1 N–H and O–H groups in total. The van der Waals surface area contributed by atoms with Gasteiger partial charge in [-0.3, -0.25) is 9.59 Å². The van der Waals surface area contributed by atoms with E-state index in [0.717, 1.165) is 70.6 Å². The van der Waals surface area contributed by atoms with E-state index < -0.39 is 24.3 Å². The van der Waals surface area contributed by atoms with Crippen molar-refractivity contribution in [3.8, 4) is 0 Å². The maximum Gasteiger partial charge on any atom is 0.361 e. The molecule has 0 saturated heterocycles. The fraction of sp³-hybridized carbons (Fsp3) is 0.786. The zero-order valence-electron chi connectivity index (χ0n) is 52.3. The van der Waals surface area contributed by atoms with Gasteiger partial charge in [-0.25, -0.2) is 4.79 Å². The second-order valence-corrected chi connectivity index (χ2v) is 23.4. The molecule has 0 saturated carbocycles. The number of carbonyl (C=O) groups excluding carboxylic acids is 2. The maximum atomic E-state index is 12.9. The number of carbonyl (C=O) groups is 3. The molecule has 0 spiro atoms. The Kier molecular flexibility index (Phi) is 58.3. The van der Waals surface area contributed by atoms with Gasteiger partial charge in [0, 0.05) is 12.8 Å². The molecule has 0 aliphatic heterocycles. The number of nitrogens with zero attached hydrogens (tertiary/aromatic N) is 1.